The summed E-state index contributed by atoms with van der Waals surface area (Å²) in [7, 11) is -5.52. The number of benzene rings is 2. The van der Waals surface area contributed by atoms with E-state index in [1.54, 1.807) is 0 Å². The molecular formula is C16H12F3N3O5S. The van der Waals surface area contributed by atoms with Gasteiger partial charge < -0.3 is 4.90 Å². The number of rotatable bonds is 5. The second-order valence-corrected chi connectivity index (χ2v) is 7.64. The number of alkyl halides is 3. The summed E-state index contributed by atoms with van der Waals surface area (Å²) >= 11 is 0. The fourth-order valence-corrected chi connectivity index (χ4v) is 3.35. The summed E-state index contributed by atoms with van der Waals surface area (Å²) in [6.45, 7) is 0.0741. The second kappa shape index (κ2) is 6.78. The molecule has 1 aliphatic heterocycles. The SMILES string of the molecule is O=C1c2cccc([N+](=O)[O-])c2CN1Cc1ccc(NS(=O)(=O)C(F)(F)F)cc1. The normalized spacial score (nSPS) is 14.1. The first-order valence-corrected chi connectivity index (χ1v) is 9.21. The van der Waals surface area contributed by atoms with Gasteiger partial charge in [0.25, 0.3) is 11.6 Å². The van der Waals surface area contributed by atoms with Crippen LogP contribution >= 0.6 is 0 Å². The number of halogens is 3. The standard InChI is InChI=1S/C16H12F3N3O5S/c17-16(18,19)28(26,27)20-11-6-4-10(5-7-11)8-21-9-13-12(15(21)23)2-1-3-14(13)22(24)25/h1-7,20H,8-9H2. The summed E-state index contributed by atoms with van der Waals surface area (Å²) in [4.78, 5) is 24.3. The van der Waals surface area contributed by atoms with Crippen molar-refractivity contribution in [2.75, 3.05) is 4.72 Å². The number of sulfonamides is 1. The maximum atomic E-state index is 12.4. The Bertz CT molecular complexity index is 1050. The lowest BCUT2D eigenvalue weighted by Gasteiger charge is -2.16. The van der Waals surface area contributed by atoms with Crippen LogP contribution in [0.25, 0.3) is 0 Å². The topological polar surface area (TPSA) is 110 Å². The van der Waals surface area contributed by atoms with Crippen LogP contribution in [0.3, 0.4) is 0 Å². The van der Waals surface area contributed by atoms with Crippen molar-refractivity contribution >= 4 is 27.3 Å². The van der Waals surface area contributed by atoms with Crippen molar-refractivity contribution in [3.63, 3.8) is 0 Å². The minimum absolute atomic E-state index is 0.0216. The van der Waals surface area contributed by atoms with Crippen molar-refractivity contribution < 1.29 is 31.3 Å². The summed E-state index contributed by atoms with van der Waals surface area (Å²) < 4.78 is 60.8. The van der Waals surface area contributed by atoms with Crippen LogP contribution in [0.5, 0.6) is 0 Å². The molecule has 0 aliphatic carbocycles. The van der Waals surface area contributed by atoms with Gasteiger partial charge in [-0.3, -0.25) is 19.6 Å². The smallest absolute Gasteiger partial charge is 0.330 e. The molecule has 0 saturated heterocycles. The van der Waals surface area contributed by atoms with Gasteiger partial charge in [-0.2, -0.15) is 21.6 Å². The highest BCUT2D eigenvalue weighted by atomic mass is 32.2. The number of nitrogens with one attached hydrogen (secondary N) is 1. The van der Waals surface area contributed by atoms with Crippen LogP contribution in [0, 0.1) is 10.1 Å². The van der Waals surface area contributed by atoms with Crippen LogP contribution in [0.1, 0.15) is 21.5 Å². The van der Waals surface area contributed by atoms with Crippen molar-refractivity contribution in [3.05, 3.63) is 69.3 Å². The molecule has 2 aromatic rings. The number of anilines is 1. The zero-order valence-corrected chi connectivity index (χ0v) is 14.7. The number of fused-ring (bicyclic) bond motifs is 1. The minimum atomic E-state index is -5.52. The molecule has 2 aromatic carbocycles. The van der Waals surface area contributed by atoms with Gasteiger partial charge in [-0.25, -0.2) is 0 Å². The molecule has 0 spiro atoms. The Morgan fingerprint density at radius 2 is 1.79 bits per heavy atom. The van der Waals surface area contributed by atoms with Crippen LogP contribution in [-0.2, 0) is 23.1 Å². The van der Waals surface area contributed by atoms with Gasteiger partial charge >= 0.3 is 15.5 Å². The Morgan fingerprint density at radius 1 is 1.14 bits per heavy atom. The number of carbonyl (C=O) groups is 1. The van der Waals surface area contributed by atoms with E-state index in [9.17, 15) is 36.5 Å². The van der Waals surface area contributed by atoms with Crippen LogP contribution in [0.4, 0.5) is 24.5 Å². The van der Waals surface area contributed by atoms with Crippen molar-refractivity contribution in [1.29, 1.82) is 0 Å². The molecule has 1 heterocycles. The van der Waals surface area contributed by atoms with Gasteiger partial charge in [-0.1, -0.05) is 18.2 Å². The fourth-order valence-electron chi connectivity index (χ4n) is 2.78. The molecule has 1 N–H and O–H groups in total. The fraction of sp³-hybridized carbons (Fsp3) is 0.188. The van der Waals surface area contributed by atoms with Crippen LogP contribution in [-0.4, -0.2) is 29.7 Å². The Kier molecular flexibility index (Phi) is 4.75. The molecule has 0 unspecified atom stereocenters. The maximum Gasteiger partial charge on any atom is 0.516 e. The number of nitrogens with zero attached hydrogens (tertiary/aromatic N) is 2. The molecule has 0 radical (unpaired) electrons. The van der Waals surface area contributed by atoms with Crippen LogP contribution in [0.2, 0.25) is 0 Å². The van der Waals surface area contributed by atoms with E-state index < -0.39 is 26.4 Å². The Balaban J connectivity index is 1.74. The van der Waals surface area contributed by atoms with E-state index in [1.807, 2.05) is 0 Å². The monoisotopic (exact) mass is 415 g/mol. The number of hydrogen-bond acceptors (Lipinski definition) is 5. The van der Waals surface area contributed by atoms with Crippen LogP contribution < -0.4 is 4.72 Å². The van der Waals surface area contributed by atoms with Crippen molar-refractivity contribution in [2.45, 2.75) is 18.6 Å². The van der Waals surface area contributed by atoms with Gasteiger partial charge in [0.2, 0.25) is 0 Å². The number of hydrogen-bond donors (Lipinski definition) is 1. The Morgan fingerprint density at radius 3 is 2.36 bits per heavy atom. The first-order valence-electron chi connectivity index (χ1n) is 7.73. The van der Waals surface area contributed by atoms with E-state index in [4.69, 9.17) is 0 Å². The van der Waals surface area contributed by atoms with Crippen molar-refractivity contribution in [1.82, 2.24) is 4.90 Å². The Labute approximate surface area is 156 Å². The molecule has 28 heavy (non-hydrogen) atoms. The summed E-state index contributed by atoms with van der Waals surface area (Å²) in [6.07, 6.45) is 0. The predicted molar refractivity (Wildman–Crippen MR) is 91.7 cm³/mol. The van der Waals surface area contributed by atoms with E-state index in [0.717, 1.165) is 12.1 Å². The molecular weight excluding hydrogens is 403 g/mol. The molecule has 3 rings (SSSR count). The largest absolute Gasteiger partial charge is 0.516 e. The van der Waals surface area contributed by atoms with E-state index in [2.05, 4.69) is 0 Å². The zero-order chi connectivity index (χ0) is 20.7. The van der Waals surface area contributed by atoms with Gasteiger partial charge in [0.15, 0.2) is 0 Å². The molecule has 0 fully saturated rings. The molecule has 0 aromatic heterocycles. The summed E-state index contributed by atoms with van der Waals surface area (Å²) in [5.74, 6) is -0.402. The number of carbonyl (C=O) groups excluding carboxylic acids is 1. The summed E-state index contributed by atoms with van der Waals surface area (Å²) in [5.41, 5.74) is -4.85. The lowest BCUT2D eigenvalue weighted by molar-refractivity contribution is -0.385. The minimum Gasteiger partial charge on any atom is -0.330 e. The third-order valence-corrected chi connectivity index (χ3v) is 5.21. The number of nitro groups is 1. The first-order chi connectivity index (χ1) is 13.0. The zero-order valence-electron chi connectivity index (χ0n) is 13.9. The second-order valence-electron chi connectivity index (χ2n) is 5.97. The number of amides is 1. The number of nitro benzene ring substituents is 1. The van der Waals surface area contributed by atoms with Gasteiger partial charge in [0.1, 0.15) is 0 Å². The van der Waals surface area contributed by atoms with E-state index in [1.165, 1.54) is 40.0 Å². The highest BCUT2D eigenvalue weighted by Gasteiger charge is 2.46. The molecule has 148 valence electrons. The highest BCUT2D eigenvalue weighted by molar-refractivity contribution is 7.93. The van der Waals surface area contributed by atoms with Gasteiger partial charge in [-0.05, 0) is 23.8 Å². The average molecular weight is 415 g/mol. The molecule has 1 aliphatic rings. The van der Waals surface area contributed by atoms with E-state index in [-0.39, 0.29) is 30.0 Å². The van der Waals surface area contributed by atoms with Crippen molar-refractivity contribution in [2.24, 2.45) is 0 Å². The van der Waals surface area contributed by atoms with E-state index in [0.29, 0.717) is 11.1 Å². The highest BCUT2D eigenvalue weighted by Crippen LogP contribution is 2.32. The summed E-state index contributed by atoms with van der Waals surface area (Å²) in [6, 6.07) is 9.19. The third kappa shape index (κ3) is 3.63. The van der Waals surface area contributed by atoms with Crippen molar-refractivity contribution in [3.8, 4) is 0 Å². The molecule has 0 bridgehead atoms. The average Bonchev–Trinajstić information content (AvgIpc) is 2.91. The molecule has 1 amide bonds. The molecule has 0 saturated carbocycles. The molecule has 0 atom stereocenters. The van der Waals surface area contributed by atoms with Gasteiger partial charge in [-0.15, -0.1) is 0 Å². The van der Waals surface area contributed by atoms with E-state index >= 15 is 0 Å². The Hall–Kier alpha value is -3.15. The summed E-state index contributed by atoms with van der Waals surface area (Å²) in [5, 5.41) is 11.1. The maximum absolute atomic E-state index is 12.4. The predicted octanol–water partition coefficient (Wildman–Crippen LogP) is 3.01. The van der Waals surface area contributed by atoms with Gasteiger partial charge in [0, 0.05) is 18.3 Å². The van der Waals surface area contributed by atoms with Crippen LogP contribution in [0.15, 0.2) is 42.5 Å². The molecule has 12 heteroatoms. The van der Waals surface area contributed by atoms with Gasteiger partial charge in [0.05, 0.1) is 22.6 Å². The third-order valence-electron chi connectivity index (χ3n) is 4.10. The lowest BCUT2D eigenvalue weighted by Crippen LogP contribution is -2.29. The molecule has 8 nitrogen and oxygen atoms in total. The lowest BCUT2D eigenvalue weighted by atomic mass is 10.1. The first kappa shape index (κ1) is 19.6. The quantitative estimate of drug-likeness (QED) is 0.596.